The molecule has 0 bridgehead atoms. The first kappa shape index (κ1) is 17.9. The minimum absolute atomic E-state index is 0.334. The zero-order chi connectivity index (χ0) is 18.0. The van der Waals surface area contributed by atoms with Gasteiger partial charge < -0.3 is 5.32 Å². The van der Waals surface area contributed by atoms with Crippen molar-refractivity contribution in [3.8, 4) is 11.3 Å². The maximum atomic E-state index is 12.2. The lowest BCUT2D eigenvalue weighted by Crippen LogP contribution is -2.13. The van der Waals surface area contributed by atoms with Gasteiger partial charge in [0.15, 0.2) is 15.0 Å². The van der Waals surface area contributed by atoms with Gasteiger partial charge in [0.05, 0.1) is 15.8 Å². The van der Waals surface area contributed by atoms with Gasteiger partial charge in [0.2, 0.25) is 0 Å². The highest BCUT2D eigenvalue weighted by atomic mass is 35.5. The van der Waals surface area contributed by atoms with Gasteiger partial charge in [0.25, 0.3) is 0 Å². The topological polar surface area (TPSA) is 59.1 Å². The second kappa shape index (κ2) is 7.15. The second-order valence-corrected chi connectivity index (χ2v) is 9.59. The first-order chi connectivity index (χ1) is 11.9. The van der Waals surface area contributed by atoms with E-state index in [1.807, 2.05) is 29.6 Å². The number of nitrogens with one attached hydrogen (secondary N) is 1. The molecule has 0 fully saturated rings. The minimum Gasteiger partial charge on any atom is -0.332 e. The SMILES string of the molecule is CC(C)S(=O)(=O)c1ccc(-c2csc(Nc3ccc(Cl)cc3)n2)cc1. The monoisotopic (exact) mass is 392 g/mol. The molecule has 0 aliphatic heterocycles. The Morgan fingerprint density at radius 2 is 1.68 bits per heavy atom. The molecule has 130 valence electrons. The van der Waals surface area contributed by atoms with Gasteiger partial charge in [0.1, 0.15) is 0 Å². The highest BCUT2D eigenvalue weighted by Gasteiger charge is 2.19. The maximum Gasteiger partial charge on any atom is 0.187 e. The van der Waals surface area contributed by atoms with Crippen LogP contribution in [0.4, 0.5) is 10.8 Å². The van der Waals surface area contributed by atoms with Gasteiger partial charge in [-0.2, -0.15) is 0 Å². The van der Waals surface area contributed by atoms with Crippen molar-refractivity contribution in [1.82, 2.24) is 4.98 Å². The summed E-state index contributed by atoms with van der Waals surface area (Å²) in [7, 11) is -3.26. The highest BCUT2D eigenvalue weighted by Crippen LogP contribution is 2.28. The van der Waals surface area contributed by atoms with Crippen molar-refractivity contribution in [2.75, 3.05) is 5.32 Å². The quantitative estimate of drug-likeness (QED) is 0.632. The Hall–Kier alpha value is -1.89. The summed E-state index contributed by atoms with van der Waals surface area (Å²) in [5, 5.41) is 6.16. The molecule has 0 aliphatic carbocycles. The van der Waals surface area contributed by atoms with Crippen molar-refractivity contribution in [2.24, 2.45) is 0 Å². The van der Waals surface area contributed by atoms with Crippen LogP contribution in [0.1, 0.15) is 13.8 Å². The van der Waals surface area contributed by atoms with Crippen molar-refractivity contribution in [3.63, 3.8) is 0 Å². The number of hydrogen-bond acceptors (Lipinski definition) is 5. The van der Waals surface area contributed by atoms with Crippen molar-refractivity contribution in [3.05, 3.63) is 58.9 Å². The van der Waals surface area contributed by atoms with E-state index < -0.39 is 15.1 Å². The molecule has 1 aromatic heterocycles. The molecule has 25 heavy (non-hydrogen) atoms. The smallest absolute Gasteiger partial charge is 0.187 e. The van der Waals surface area contributed by atoms with Crippen LogP contribution >= 0.6 is 22.9 Å². The van der Waals surface area contributed by atoms with Crippen LogP contribution in [0.25, 0.3) is 11.3 Å². The molecule has 3 rings (SSSR count). The van der Waals surface area contributed by atoms with Gasteiger partial charge in [-0.1, -0.05) is 23.7 Å². The first-order valence-electron chi connectivity index (χ1n) is 7.69. The van der Waals surface area contributed by atoms with Gasteiger partial charge >= 0.3 is 0 Å². The van der Waals surface area contributed by atoms with E-state index in [1.54, 1.807) is 38.1 Å². The molecule has 7 heteroatoms. The standard InChI is InChI=1S/C18H17ClN2O2S2/c1-12(2)25(22,23)16-9-3-13(4-10-16)17-11-24-18(21-17)20-15-7-5-14(19)6-8-15/h3-12H,1-2H3,(H,20,21). The molecular formula is C18H17ClN2O2S2. The fourth-order valence-electron chi connectivity index (χ4n) is 2.21. The lowest BCUT2D eigenvalue weighted by atomic mass is 10.2. The predicted molar refractivity (Wildman–Crippen MR) is 105 cm³/mol. The highest BCUT2D eigenvalue weighted by molar-refractivity contribution is 7.92. The molecule has 0 amide bonds. The first-order valence-corrected chi connectivity index (χ1v) is 10.5. The summed E-state index contributed by atoms with van der Waals surface area (Å²) in [5.74, 6) is 0. The molecule has 0 radical (unpaired) electrons. The Morgan fingerprint density at radius 1 is 1.04 bits per heavy atom. The molecule has 1 heterocycles. The average Bonchev–Trinajstić information content (AvgIpc) is 3.05. The Kier molecular flexibility index (Phi) is 5.13. The number of sulfone groups is 1. The molecule has 3 aromatic rings. The summed E-state index contributed by atoms with van der Waals surface area (Å²) in [6, 6.07) is 14.2. The number of anilines is 2. The lowest BCUT2D eigenvalue weighted by Gasteiger charge is -2.08. The van der Waals surface area contributed by atoms with Crippen LogP contribution in [-0.4, -0.2) is 18.7 Å². The van der Waals surface area contributed by atoms with E-state index in [1.165, 1.54) is 11.3 Å². The number of rotatable bonds is 5. The van der Waals surface area contributed by atoms with E-state index in [2.05, 4.69) is 10.3 Å². The fraction of sp³-hybridized carbons (Fsp3) is 0.167. The van der Waals surface area contributed by atoms with Crippen LogP contribution in [0.5, 0.6) is 0 Å². The summed E-state index contributed by atoms with van der Waals surface area (Å²) >= 11 is 7.36. The summed E-state index contributed by atoms with van der Waals surface area (Å²) in [6.07, 6.45) is 0. The zero-order valence-corrected chi connectivity index (χ0v) is 16.1. The number of hydrogen-bond donors (Lipinski definition) is 1. The van der Waals surface area contributed by atoms with Gasteiger partial charge in [-0.25, -0.2) is 13.4 Å². The minimum atomic E-state index is -3.26. The van der Waals surface area contributed by atoms with Crippen LogP contribution < -0.4 is 5.32 Å². The van der Waals surface area contributed by atoms with E-state index in [4.69, 9.17) is 11.6 Å². The molecule has 0 spiro atoms. The van der Waals surface area contributed by atoms with E-state index in [0.29, 0.717) is 9.92 Å². The van der Waals surface area contributed by atoms with E-state index >= 15 is 0 Å². The maximum absolute atomic E-state index is 12.2. The van der Waals surface area contributed by atoms with Gasteiger partial charge in [-0.3, -0.25) is 0 Å². The Bertz CT molecular complexity index is 963. The fourth-order valence-corrected chi connectivity index (χ4v) is 4.13. The number of nitrogens with zero attached hydrogens (tertiary/aromatic N) is 1. The molecular weight excluding hydrogens is 376 g/mol. The summed E-state index contributed by atoms with van der Waals surface area (Å²) in [4.78, 5) is 4.88. The van der Waals surface area contributed by atoms with Crippen LogP contribution in [0.3, 0.4) is 0 Å². The van der Waals surface area contributed by atoms with Crippen LogP contribution in [0.15, 0.2) is 58.8 Å². The van der Waals surface area contributed by atoms with E-state index in [-0.39, 0.29) is 0 Å². The van der Waals surface area contributed by atoms with Crippen LogP contribution in [0.2, 0.25) is 5.02 Å². The zero-order valence-electron chi connectivity index (χ0n) is 13.7. The van der Waals surface area contributed by atoms with Crippen molar-refractivity contribution < 1.29 is 8.42 Å². The number of aromatic nitrogens is 1. The third-order valence-electron chi connectivity index (χ3n) is 3.70. The lowest BCUT2D eigenvalue weighted by molar-refractivity contribution is 0.587. The largest absolute Gasteiger partial charge is 0.332 e. The second-order valence-electron chi connectivity index (χ2n) is 5.79. The Morgan fingerprint density at radius 3 is 2.28 bits per heavy atom. The Balaban J connectivity index is 1.79. The number of halogens is 1. The molecule has 0 aliphatic rings. The molecule has 0 saturated carbocycles. The summed E-state index contributed by atoms with van der Waals surface area (Å²) < 4.78 is 24.4. The molecule has 0 saturated heterocycles. The molecule has 0 unspecified atom stereocenters. The normalized spacial score (nSPS) is 11.7. The van der Waals surface area contributed by atoms with Crippen molar-refractivity contribution in [1.29, 1.82) is 0 Å². The third-order valence-corrected chi connectivity index (χ3v) is 6.88. The summed E-state index contributed by atoms with van der Waals surface area (Å²) in [6.45, 7) is 3.36. The molecule has 2 aromatic carbocycles. The van der Waals surface area contributed by atoms with Crippen molar-refractivity contribution >= 4 is 43.6 Å². The molecule has 4 nitrogen and oxygen atoms in total. The van der Waals surface area contributed by atoms with E-state index in [0.717, 1.165) is 22.1 Å². The van der Waals surface area contributed by atoms with E-state index in [9.17, 15) is 8.42 Å². The van der Waals surface area contributed by atoms with Crippen LogP contribution in [0, 0.1) is 0 Å². The number of benzene rings is 2. The molecule has 0 atom stereocenters. The Labute approximate surface area is 156 Å². The number of thiazole rings is 1. The predicted octanol–water partition coefficient (Wildman–Crippen LogP) is 5.39. The van der Waals surface area contributed by atoms with Crippen molar-refractivity contribution in [2.45, 2.75) is 24.0 Å². The summed E-state index contributed by atoms with van der Waals surface area (Å²) in [5.41, 5.74) is 2.58. The van der Waals surface area contributed by atoms with Gasteiger partial charge in [0, 0.05) is 21.7 Å². The van der Waals surface area contributed by atoms with Gasteiger partial charge in [-0.05, 0) is 50.2 Å². The average molecular weight is 393 g/mol. The molecule has 1 N–H and O–H groups in total. The van der Waals surface area contributed by atoms with Crippen LogP contribution in [-0.2, 0) is 9.84 Å². The van der Waals surface area contributed by atoms with Gasteiger partial charge in [-0.15, -0.1) is 11.3 Å². The third kappa shape index (κ3) is 4.03.